The molecule has 1 N–H and O–H groups in total. The molecule has 0 radical (unpaired) electrons. The number of rotatable bonds is 8. The summed E-state index contributed by atoms with van der Waals surface area (Å²) in [4.78, 5) is 44.0. The summed E-state index contributed by atoms with van der Waals surface area (Å²) in [6, 6.07) is 16.9. The van der Waals surface area contributed by atoms with Crippen molar-refractivity contribution in [1.82, 2.24) is 14.9 Å². The maximum atomic E-state index is 13.5. The van der Waals surface area contributed by atoms with Gasteiger partial charge < -0.3 is 5.32 Å². The number of nitrogens with one attached hydrogen (secondary N) is 1. The molecule has 2 aromatic heterocycles. The lowest BCUT2D eigenvalue weighted by atomic mass is 10.1. The molecule has 0 saturated carbocycles. The Morgan fingerprint density at radius 2 is 1.76 bits per heavy atom. The molecule has 6 nitrogen and oxygen atoms in total. The zero-order chi connectivity index (χ0) is 24.2. The van der Waals surface area contributed by atoms with Crippen molar-refractivity contribution in [3.8, 4) is 5.69 Å². The fourth-order valence-electron chi connectivity index (χ4n) is 3.79. The van der Waals surface area contributed by atoms with Gasteiger partial charge in [-0.2, -0.15) is 0 Å². The minimum atomic E-state index is -0.144. The second-order valence-corrected chi connectivity index (χ2v) is 10.1. The van der Waals surface area contributed by atoms with Gasteiger partial charge in [0, 0.05) is 18.3 Å². The maximum absolute atomic E-state index is 13.5. The van der Waals surface area contributed by atoms with E-state index in [1.165, 1.54) is 30.0 Å². The van der Waals surface area contributed by atoms with Crippen LogP contribution < -0.4 is 10.9 Å². The van der Waals surface area contributed by atoms with Crippen molar-refractivity contribution in [3.63, 3.8) is 0 Å². The standard InChI is InChI=1S/C26H25N3O3S2/c1-16-7-6-8-17(2)24(16)29-25(32)20-9-4-5-10-21(20)28-26(29)33-15-22(31)23-12-11-19(34-23)13-14-27-18(3)30/h4-12H,13-15H2,1-3H3,(H,27,30). The van der Waals surface area contributed by atoms with Gasteiger partial charge in [-0.15, -0.1) is 11.3 Å². The Kier molecular flexibility index (Phi) is 7.29. The van der Waals surface area contributed by atoms with E-state index in [9.17, 15) is 14.4 Å². The largest absolute Gasteiger partial charge is 0.356 e. The number of carbonyl (C=O) groups excluding carboxylic acids is 2. The van der Waals surface area contributed by atoms with Crippen LogP contribution in [0.3, 0.4) is 0 Å². The SMILES string of the molecule is CC(=O)NCCc1ccc(C(=O)CSc2nc3ccccc3c(=O)n2-c2c(C)cccc2C)s1. The Morgan fingerprint density at radius 1 is 1.03 bits per heavy atom. The minimum Gasteiger partial charge on any atom is -0.356 e. The van der Waals surface area contributed by atoms with Crippen LogP contribution in [0, 0.1) is 13.8 Å². The molecular formula is C26H25N3O3S2. The molecular weight excluding hydrogens is 466 g/mol. The zero-order valence-electron chi connectivity index (χ0n) is 19.3. The Bertz CT molecular complexity index is 1420. The first-order chi connectivity index (χ1) is 16.3. The quantitative estimate of drug-likeness (QED) is 0.219. The highest BCUT2D eigenvalue weighted by molar-refractivity contribution is 7.99. The van der Waals surface area contributed by atoms with Crippen molar-refractivity contribution < 1.29 is 9.59 Å². The minimum absolute atomic E-state index is 0.0174. The molecule has 0 atom stereocenters. The van der Waals surface area contributed by atoms with E-state index in [0.29, 0.717) is 33.9 Å². The van der Waals surface area contributed by atoms with Gasteiger partial charge in [0.25, 0.3) is 5.56 Å². The molecule has 0 aliphatic heterocycles. The lowest BCUT2D eigenvalue weighted by Crippen LogP contribution is -2.23. The van der Waals surface area contributed by atoms with E-state index in [0.717, 1.165) is 21.7 Å². The average Bonchev–Trinajstić information content (AvgIpc) is 3.28. The van der Waals surface area contributed by atoms with Gasteiger partial charge in [-0.25, -0.2) is 4.98 Å². The third-order valence-corrected chi connectivity index (χ3v) is 7.55. The van der Waals surface area contributed by atoms with E-state index in [4.69, 9.17) is 4.98 Å². The van der Waals surface area contributed by atoms with Crippen LogP contribution in [0.1, 0.15) is 32.6 Å². The number of thioether (sulfide) groups is 1. The molecule has 0 aliphatic carbocycles. The summed E-state index contributed by atoms with van der Waals surface area (Å²) in [7, 11) is 0. The molecule has 0 aliphatic rings. The third kappa shape index (κ3) is 5.13. The molecule has 8 heteroatoms. The summed E-state index contributed by atoms with van der Waals surface area (Å²) >= 11 is 2.71. The maximum Gasteiger partial charge on any atom is 0.266 e. The fraction of sp³-hybridized carbons (Fsp3) is 0.231. The number of ketones is 1. The Balaban J connectivity index is 1.63. The van der Waals surface area contributed by atoms with Crippen molar-refractivity contribution in [2.45, 2.75) is 32.3 Å². The molecule has 34 heavy (non-hydrogen) atoms. The molecule has 0 fully saturated rings. The lowest BCUT2D eigenvalue weighted by molar-refractivity contribution is -0.118. The Hall–Kier alpha value is -3.23. The molecule has 1 amide bonds. The number of para-hydroxylation sites is 2. The van der Waals surface area contributed by atoms with Crippen molar-refractivity contribution in [3.05, 3.63) is 85.8 Å². The topological polar surface area (TPSA) is 81.1 Å². The lowest BCUT2D eigenvalue weighted by Gasteiger charge is -2.17. The van der Waals surface area contributed by atoms with Crippen molar-refractivity contribution in [2.24, 2.45) is 0 Å². The van der Waals surface area contributed by atoms with Gasteiger partial charge >= 0.3 is 0 Å². The zero-order valence-corrected chi connectivity index (χ0v) is 20.9. The van der Waals surface area contributed by atoms with Crippen molar-refractivity contribution >= 4 is 45.7 Å². The van der Waals surface area contributed by atoms with Crippen LogP contribution in [-0.2, 0) is 11.2 Å². The van der Waals surface area contributed by atoms with Gasteiger partial charge in [-0.05, 0) is 55.7 Å². The van der Waals surface area contributed by atoms with E-state index in [1.54, 1.807) is 10.6 Å². The molecule has 0 saturated heterocycles. The van der Waals surface area contributed by atoms with Crippen LogP contribution in [0.25, 0.3) is 16.6 Å². The summed E-state index contributed by atoms with van der Waals surface area (Å²) in [6.45, 7) is 5.97. The number of thiophene rings is 1. The number of nitrogens with zero attached hydrogens (tertiary/aromatic N) is 2. The monoisotopic (exact) mass is 491 g/mol. The van der Waals surface area contributed by atoms with E-state index in [2.05, 4.69) is 5.32 Å². The smallest absolute Gasteiger partial charge is 0.266 e. The predicted molar refractivity (Wildman–Crippen MR) is 139 cm³/mol. The number of hydrogen-bond acceptors (Lipinski definition) is 6. The van der Waals surface area contributed by atoms with E-state index >= 15 is 0 Å². The predicted octanol–water partition coefficient (Wildman–Crippen LogP) is 4.72. The average molecular weight is 492 g/mol. The van der Waals surface area contributed by atoms with Crippen LogP contribution in [0.5, 0.6) is 0 Å². The summed E-state index contributed by atoms with van der Waals surface area (Å²) in [5, 5.41) is 3.81. The fourth-order valence-corrected chi connectivity index (χ4v) is 5.71. The summed E-state index contributed by atoms with van der Waals surface area (Å²) < 4.78 is 1.64. The normalized spacial score (nSPS) is 11.0. The number of fused-ring (bicyclic) bond motifs is 1. The first kappa shape index (κ1) is 23.9. The molecule has 174 valence electrons. The van der Waals surface area contributed by atoms with Crippen LogP contribution in [0.15, 0.2) is 64.5 Å². The van der Waals surface area contributed by atoms with Crippen molar-refractivity contribution in [2.75, 3.05) is 12.3 Å². The molecule has 4 aromatic rings. The molecule has 0 unspecified atom stereocenters. The van der Waals surface area contributed by atoms with Crippen LogP contribution >= 0.6 is 23.1 Å². The molecule has 0 bridgehead atoms. The van der Waals surface area contributed by atoms with E-state index in [1.807, 2.05) is 62.4 Å². The first-order valence-corrected chi connectivity index (χ1v) is 12.7. The van der Waals surface area contributed by atoms with Gasteiger partial charge in [-0.3, -0.25) is 19.0 Å². The number of carbonyl (C=O) groups is 2. The number of aryl methyl sites for hydroxylation is 2. The highest BCUT2D eigenvalue weighted by atomic mass is 32.2. The van der Waals surface area contributed by atoms with Crippen LogP contribution in [-0.4, -0.2) is 33.5 Å². The Labute approximate surface area is 206 Å². The number of hydrogen-bond donors (Lipinski definition) is 1. The number of aromatic nitrogens is 2. The summed E-state index contributed by atoms with van der Waals surface area (Å²) in [6.07, 6.45) is 0.684. The highest BCUT2D eigenvalue weighted by Crippen LogP contribution is 2.27. The summed E-state index contributed by atoms with van der Waals surface area (Å²) in [5.74, 6) is 0.0831. The van der Waals surface area contributed by atoms with Crippen LogP contribution in [0.4, 0.5) is 0 Å². The third-order valence-electron chi connectivity index (χ3n) is 5.42. The van der Waals surface area contributed by atoms with Gasteiger partial charge in [0.1, 0.15) is 0 Å². The molecule has 2 heterocycles. The first-order valence-electron chi connectivity index (χ1n) is 10.9. The molecule has 0 spiro atoms. The molecule has 2 aromatic carbocycles. The van der Waals surface area contributed by atoms with Gasteiger partial charge in [0.2, 0.25) is 5.91 Å². The van der Waals surface area contributed by atoms with Crippen LogP contribution in [0.2, 0.25) is 0 Å². The highest BCUT2D eigenvalue weighted by Gasteiger charge is 2.18. The molecule has 4 rings (SSSR count). The second-order valence-electron chi connectivity index (χ2n) is 8.00. The second kappa shape index (κ2) is 10.4. The number of benzene rings is 2. The number of amides is 1. The van der Waals surface area contributed by atoms with E-state index in [-0.39, 0.29) is 23.0 Å². The summed E-state index contributed by atoms with van der Waals surface area (Å²) in [5.41, 5.74) is 3.21. The van der Waals surface area contributed by atoms with E-state index < -0.39 is 0 Å². The Morgan fingerprint density at radius 3 is 2.50 bits per heavy atom. The number of Topliss-reactive ketones (excluding diaryl/α,β-unsaturated/α-hetero) is 1. The van der Waals surface area contributed by atoms with Gasteiger partial charge in [0.05, 0.1) is 27.2 Å². The van der Waals surface area contributed by atoms with Gasteiger partial charge in [-0.1, -0.05) is 42.1 Å². The van der Waals surface area contributed by atoms with Crippen molar-refractivity contribution in [1.29, 1.82) is 0 Å². The van der Waals surface area contributed by atoms with Gasteiger partial charge in [0.15, 0.2) is 10.9 Å².